The van der Waals surface area contributed by atoms with Crippen LogP contribution < -0.4 is 11.1 Å². The van der Waals surface area contributed by atoms with Crippen molar-refractivity contribution in [1.82, 2.24) is 5.32 Å². The summed E-state index contributed by atoms with van der Waals surface area (Å²) in [4.78, 5) is 13.3. The molecule has 13 heavy (non-hydrogen) atoms. The second-order valence-corrected chi connectivity index (χ2v) is 2.98. The molecule has 1 saturated heterocycles. The predicted molar refractivity (Wildman–Crippen MR) is 49.2 cm³/mol. The van der Waals surface area contributed by atoms with Crippen molar-refractivity contribution in [2.45, 2.75) is 6.04 Å². The zero-order chi connectivity index (χ0) is 9.84. The molecular formula is C6H9ClN4O2. The molecule has 6 nitrogen and oxygen atoms in total. The summed E-state index contributed by atoms with van der Waals surface area (Å²) in [6.07, 6.45) is 1.04. The van der Waals surface area contributed by atoms with Gasteiger partial charge in [-0.2, -0.15) is 0 Å². The SMILES string of the molecule is N/C(=C\C(Cl)=NC1CNC1)[N+](=O)[O-]. The highest BCUT2D eigenvalue weighted by Crippen LogP contribution is 2.02. The lowest BCUT2D eigenvalue weighted by molar-refractivity contribution is -0.426. The summed E-state index contributed by atoms with van der Waals surface area (Å²) in [5.74, 6) is -0.499. The first-order chi connectivity index (χ1) is 6.09. The highest BCUT2D eigenvalue weighted by Gasteiger charge is 2.15. The van der Waals surface area contributed by atoms with Gasteiger partial charge in [-0.25, -0.2) is 0 Å². The van der Waals surface area contributed by atoms with Crippen LogP contribution in [0.25, 0.3) is 0 Å². The molecule has 72 valence electrons. The molecule has 0 unspecified atom stereocenters. The first-order valence-corrected chi connectivity index (χ1v) is 4.03. The van der Waals surface area contributed by atoms with Gasteiger partial charge in [-0.3, -0.25) is 10.7 Å². The van der Waals surface area contributed by atoms with Gasteiger partial charge in [0.15, 0.2) is 0 Å². The Bertz CT molecular complexity index is 272. The summed E-state index contributed by atoms with van der Waals surface area (Å²) >= 11 is 5.59. The molecule has 1 rings (SSSR count). The average molecular weight is 205 g/mol. The van der Waals surface area contributed by atoms with Crippen LogP contribution in [0.1, 0.15) is 0 Å². The minimum Gasteiger partial charge on any atom is -0.358 e. The first-order valence-electron chi connectivity index (χ1n) is 3.65. The predicted octanol–water partition coefficient (Wildman–Crippen LogP) is -0.328. The van der Waals surface area contributed by atoms with E-state index >= 15 is 0 Å². The van der Waals surface area contributed by atoms with Gasteiger partial charge < -0.3 is 15.4 Å². The van der Waals surface area contributed by atoms with Crippen molar-refractivity contribution in [3.8, 4) is 0 Å². The van der Waals surface area contributed by atoms with Crippen LogP contribution in [0.5, 0.6) is 0 Å². The van der Waals surface area contributed by atoms with Gasteiger partial charge in [0, 0.05) is 13.1 Å². The highest BCUT2D eigenvalue weighted by molar-refractivity contribution is 6.68. The van der Waals surface area contributed by atoms with Gasteiger partial charge in [0.05, 0.1) is 12.1 Å². The average Bonchev–Trinajstić information content (AvgIpc) is 1.96. The number of nitro groups is 1. The normalized spacial score (nSPS) is 19.8. The number of hydrogen-bond donors (Lipinski definition) is 2. The van der Waals surface area contributed by atoms with Crippen LogP contribution in [-0.2, 0) is 0 Å². The molecule has 0 aromatic heterocycles. The van der Waals surface area contributed by atoms with Crippen LogP contribution in [0.3, 0.4) is 0 Å². The molecule has 1 aliphatic rings. The summed E-state index contributed by atoms with van der Waals surface area (Å²) in [6.45, 7) is 1.50. The van der Waals surface area contributed by atoms with E-state index in [2.05, 4.69) is 10.3 Å². The number of halogens is 1. The number of nitrogens with two attached hydrogens (primary N) is 1. The Balaban J connectivity index is 2.56. The van der Waals surface area contributed by atoms with Gasteiger partial charge in [0.25, 0.3) is 0 Å². The molecule has 0 amide bonds. The Labute approximate surface area is 79.6 Å². The molecule has 0 saturated carbocycles. The third-order valence-corrected chi connectivity index (χ3v) is 1.75. The first kappa shape index (κ1) is 9.94. The quantitative estimate of drug-likeness (QED) is 0.374. The fourth-order valence-corrected chi connectivity index (χ4v) is 1.00. The topological polar surface area (TPSA) is 93.5 Å². The van der Waals surface area contributed by atoms with Gasteiger partial charge in [0.1, 0.15) is 5.17 Å². The summed E-state index contributed by atoms with van der Waals surface area (Å²) in [5.41, 5.74) is 5.03. The number of aliphatic imine (C=N–C) groups is 1. The molecule has 0 radical (unpaired) electrons. The number of hydrogen-bond acceptors (Lipinski definition) is 5. The van der Waals surface area contributed by atoms with E-state index in [1.165, 1.54) is 0 Å². The summed E-state index contributed by atoms with van der Waals surface area (Å²) in [6, 6.07) is 0.114. The number of allylic oxidation sites excluding steroid dienone is 1. The van der Waals surface area contributed by atoms with Crippen molar-refractivity contribution in [3.63, 3.8) is 0 Å². The molecule has 0 bridgehead atoms. The van der Waals surface area contributed by atoms with Crippen LogP contribution in [-0.4, -0.2) is 29.2 Å². The van der Waals surface area contributed by atoms with Crippen LogP contribution in [0.15, 0.2) is 16.9 Å². The van der Waals surface area contributed by atoms with Crippen molar-refractivity contribution in [3.05, 3.63) is 22.0 Å². The van der Waals surface area contributed by atoms with Gasteiger partial charge in [-0.1, -0.05) is 11.6 Å². The van der Waals surface area contributed by atoms with Crippen molar-refractivity contribution in [1.29, 1.82) is 0 Å². The Morgan fingerprint density at radius 1 is 1.77 bits per heavy atom. The molecule has 1 heterocycles. The molecule has 7 heteroatoms. The molecule has 0 aromatic rings. The zero-order valence-electron chi connectivity index (χ0n) is 6.74. The minimum absolute atomic E-state index is 0.0701. The maximum absolute atomic E-state index is 10.1. The molecule has 1 fully saturated rings. The molecule has 0 aromatic carbocycles. The number of nitrogens with zero attached hydrogens (tertiary/aromatic N) is 2. The van der Waals surface area contributed by atoms with Crippen LogP contribution in [0, 0.1) is 10.1 Å². The maximum atomic E-state index is 10.1. The lowest BCUT2D eigenvalue weighted by Crippen LogP contribution is -2.45. The Kier molecular flexibility index (Phi) is 3.21. The molecule has 0 aliphatic carbocycles. The van der Waals surface area contributed by atoms with Crippen molar-refractivity contribution in [2.75, 3.05) is 13.1 Å². The van der Waals surface area contributed by atoms with E-state index in [0.29, 0.717) is 0 Å². The fraction of sp³-hybridized carbons (Fsp3) is 0.500. The van der Waals surface area contributed by atoms with E-state index in [1.54, 1.807) is 0 Å². The zero-order valence-corrected chi connectivity index (χ0v) is 7.49. The van der Waals surface area contributed by atoms with Crippen molar-refractivity contribution >= 4 is 16.8 Å². The Morgan fingerprint density at radius 3 is 2.77 bits per heavy atom. The number of rotatable bonds is 3. The van der Waals surface area contributed by atoms with Gasteiger partial charge in [-0.15, -0.1) is 0 Å². The van der Waals surface area contributed by atoms with E-state index in [0.717, 1.165) is 19.2 Å². The van der Waals surface area contributed by atoms with E-state index in [-0.39, 0.29) is 11.2 Å². The van der Waals surface area contributed by atoms with Crippen molar-refractivity contribution < 1.29 is 4.92 Å². The largest absolute Gasteiger partial charge is 0.358 e. The summed E-state index contributed by atoms with van der Waals surface area (Å²) in [5, 5.41) is 13.2. The standard InChI is InChI=1S/C6H9ClN4O2/c7-5(1-6(8)11(12)13)10-4-2-9-3-4/h1,4,9H,2-3,8H2/b6-1+,10-5?. The van der Waals surface area contributed by atoms with E-state index in [4.69, 9.17) is 17.3 Å². The third-order valence-electron chi connectivity index (χ3n) is 1.54. The van der Waals surface area contributed by atoms with Gasteiger partial charge in [-0.05, 0) is 4.92 Å². The van der Waals surface area contributed by atoms with E-state index in [9.17, 15) is 10.1 Å². The third kappa shape index (κ3) is 3.00. The number of nitrogens with one attached hydrogen (secondary N) is 1. The highest BCUT2D eigenvalue weighted by atomic mass is 35.5. The molecule has 0 atom stereocenters. The Hall–Kier alpha value is -1.14. The molecular weight excluding hydrogens is 196 g/mol. The second kappa shape index (κ2) is 4.20. The van der Waals surface area contributed by atoms with E-state index in [1.807, 2.05) is 0 Å². The molecule has 3 N–H and O–H groups in total. The monoisotopic (exact) mass is 204 g/mol. The lowest BCUT2D eigenvalue weighted by atomic mass is 10.2. The summed E-state index contributed by atoms with van der Waals surface area (Å²) < 4.78 is 0. The van der Waals surface area contributed by atoms with E-state index < -0.39 is 10.7 Å². The minimum atomic E-state index is -0.711. The second-order valence-electron chi connectivity index (χ2n) is 2.59. The van der Waals surface area contributed by atoms with Crippen LogP contribution >= 0.6 is 11.6 Å². The lowest BCUT2D eigenvalue weighted by Gasteiger charge is -2.22. The van der Waals surface area contributed by atoms with Crippen LogP contribution in [0.4, 0.5) is 0 Å². The molecule has 0 spiro atoms. The molecule has 1 aliphatic heterocycles. The smallest absolute Gasteiger partial charge is 0.317 e. The fourth-order valence-electron chi connectivity index (χ4n) is 0.751. The van der Waals surface area contributed by atoms with Gasteiger partial charge in [0.2, 0.25) is 0 Å². The van der Waals surface area contributed by atoms with Gasteiger partial charge >= 0.3 is 5.82 Å². The maximum Gasteiger partial charge on any atom is 0.317 e. The van der Waals surface area contributed by atoms with Crippen molar-refractivity contribution in [2.24, 2.45) is 10.7 Å². The Morgan fingerprint density at radius 2 is 2.38 bits per heavy atom. The van der Waals surface area contributed by atoms with Crippen LogP contribution in [0.2, 0.25) is 0 Å². The summed E-state index contributed by atoms with van der Waals surface area (Å²) in [7, 11) is 0.